The van der Waals surface area contributed by atoms with Crippen LogP contribution in [0.1, 0.15) is 24.7 Å². The summed E-state index contributed by atoms with van der Waals surface area (Å²) in [4.78, 5) is 23.7. The van der Waals surface area contributed by atoms with Crippen LogP contribution in [-0.4, -0.2) is 57.2 Å². The largest absolute Gasteiger partial charge is 0.442 e. The summed E-state index contributed by atoms with van der Waals surface area (Å²) >= 11 is 0. The van der Waals surface area contributed by atoms with E-state index in [0.717, 1.165) is 13.0 Å². The Balaban J connectivity index is 2.12. The number of rotatable bonds is 4. The fraction of sp³-hybridized carbons (Fsp3) is 0.500. The summed E-state index contributed by atoms with van der Waals surface area (Å²) in [6.45, 7) is -19.7. The van der Waals surface area contributed by atoms with Crippen LogP contribution in [0, 0.1) is 5.82 Å². The van der Waals surface area contributed by atoms with Gasteiger partial charge in [0.25, 0.3) is 0 Å². The Kier molecular flexibility index (Phi) is 2.02. The number of carbonyl (C=O) groups is 2. The molecule has 7 nitrogen and oxygen atoms in total. The molecule has 0 aliphatic carbocycles. The summed E-state index contributed by atoms with van der Waals surface area (Å²) in [5.41, 5.74) is -1.74. The van der Waals surface area contributed by atoms with Crippen molar-refractivity contribution in [1.82, 2.24) is 5.32 Å². The van der Waals surface area contributed by atoms with E-state index in [4.69, 9.17) is 17.8 Å². The molecular weight excluding hydrogens is 317 g/mol. The van der Waals surface area contributed by atoms with Crippen molar-refractivity contribution in [1.29, 1.82) is 0 Å². The second-order valence-corrected chi connectivity index (χ2v) is 4.45. The summed E-state index contributed by atoms with van der Waals surface area (Å²) in [7, 11) is 0. The minimum absolute atomic E-state index is 0.0493. The first kappa shape index (κ1) is 6.87. The van der Waals surface area contributed by atoms with Crippen molar-refractivity contribution in [2.75, 3.05) is 48.9 Å². The van der Waals surface area contributed by atoms with E-state index >= 15 is 4.39 Å². The third kappa shape index (κ3) is 3.59. The van der Waals surface area contributed by atoms with E-state index in [1.54, 1.807) is 5.32 Å². The van der Waals surface area contributed by atoms with Gasteiger partial charge in [0.05, 0.1) is 55.3 Å². The molecule has 1 aromatic rings. The lowest BCUT2D eigenvalue weighted by Crippen LogP contribution is -2.36. The molecule has 3 rings (SSSR count). The molecule has 130 valence electrons. The van der Waals surface area contributed by atoms with E-state index in [0.29, 0.717) is 12.1 Å². The number of morpholine rings is 1. The number of cyclic esters (lactones) is 1. The number of benzene rings is 1. The number of halogens is 1. The molecule has 0 radical (unpaired) electrons. The van der Waals surface area contributed by atoms with Crippen LogP contribution in [0.15, 0.2) is 18.2 Å². The van der Waals surface area contributed by atoms with Crippen molar-refractivity contribution in [3.63, 3.8) is 0 Å². The molecule has 0 aromatic heterocycles. The van der Waals surface area contributed by atoms with Gasteiger partial charge < -0.3 is 19.7 Å². The average Bonchev–Trinajstić information content (AvgIpc) is 2.85. The third-order valence-corrected chi connectivity index (χ3v) is 2.78. The standard InChI is InChI=1S/C16H20FN3O4/c1-11(21)18-9-13-10-20(16(22)24-13)12-2-3-15(14(17)8-12)19-4-6-23-7-5-19/h2-3,8,13H,4-7,9-10H2,1H3,(H,18,21)/t13-/m0/s1/i4D2,5D2,6D2,7D2,9D2,10D2,13D. The van der Waals surface area contributed by atoms with Crippen LogP contribution in [0.25, 0.3) is 0 Å². The number of anilines is 2. The lowest BCUT2D eigenvalue weighted by Gasteiger charge is -2.29. The summed E-state index contributed by atoms with van der Waals surface area (Å²) in [5.74, 6) is -2.60. The highest BCUT2D eigenvalue weighted by atomic mass is 19.1. The van der Waals surface area contributed by atoms with Crippen LogP contribution in [0.4, 0.5) is 20.6 Å². The average molecular weight is 350 g/mol. The first-order valence-corrected chi connectivity index (χ1v) is 6.49. The Morgan fingerprint density at radius 1 is 1.54 bits per heavy atom. The number of carbonyl (C=O) groups excluding carboxylic acids is 2. The highest BCUT2D eigenvalue weighted by Gasteiger charge is 2.32. The molecule has 1 N–H and O–H groups in total. The maximum Gasteiger partial charge on any atom is 0.414 e. The molecule has 0 spiro atoms. The molecule has 1 atom stereocenters. The smallest absolute Gasteiger partial charge is 0.414 e. The van der Waals surface area contributed by atoms with Gasteiger partial charge in [-0.05, 0) is 18.2 Å². The maximum absolute atomic E-state index is 15.3. The second-order valence-electron chi connectivity index (χ2n) is 4.45. The second kappa shape index (κ2) is 7.04. The van der Waals surface area contributed by atoms with Crippen LogP contribution in [0.3, 0.4) is 0 Å². The summed E-state index contributed by atoms with van der Waals surface area (Å²) in [6, 6.07) is 1.72. The molecule has 2 saturated heterocycles. The Labute approximate surface area is 157 Å². The van der Waals surface area contributed by atoms with Crippen molar-refractivity contribution < 1.29 is 41.3 Å². The van der Waals surface area contributed by atoms with Crippen LogP contribution in [0.5, 0.6) is 0 Å². The molecule has 1 aromatic carbocycles. The Hall–Kier alpha value is -2.35. The number of amides is 2. The molecule has 2 fully saturated rings. The molecule has 2 heterocycles. The molecule has 0 saturated carbocycles. The number of nitrogens with one attached hydrogen (secondary N) is 1. The maximum atomic E-state index is 15.3. The van der Waals surface area contributed by atoms with E-state index < -0.39 is 74.4 Å². The summed E-state index contributed by atoms with van der Waals surface area (Å²) in [5, 5.41) is 1.66. The predicted molar refractivity (Wildman–Crippen MR) is 85.7 cm³/mol. The summed E-state index contributed by atoms with van der Waals surface area (Å²) in [6.07, 6.45) is -5.06. The lowest BCUT2D eigenvalue weighted by atomic mass is 10.2. The SMILES string of the molecule is [2H]C1([2H])OC([2H])([2H])C([2H])([2H])N(c2ccc(N3C(=O)O[C@@]([2H])(C([2H])([2H])NC(C)=O)C3([2H])[2H])cc2F)C1([2H])[2H]. The summed E-state index contributed by atoms with van der Waals surface area (Å²) < 4.78 is 128. The van der Waals surface area contributed by atoms with Crippen LogP contribution in [0.2, 0.25) is 0 Å². The molecule has 0 unspecified atom stereocenters. The van der Waals surface area contributed by atoms with E-state index in [-0.39, 0.29) is 9.80 Å². The molecule has 8 heteroatoms. The van der Waals surface area contributed by atoms with Gasteiger partial charge in [0.15, 0.2) is 0 Å². The Bertz CT molecular complexity index is 1120. The van der Waals surface area contributed by atoms with Gasteiger partial charge in [0.1, 0.15) is 11.9 Å². The Morgan fingerprint density at radius 3 is 2.96 bits per heavy atom. The van der Waals surface area contributed by atoms with Crippen molar-refractivity contribution >= 4 is 23.4 Å². The van der Waals surface area contributed by atoms with Crippen molar-refractivity contribution in [2.24, 2.45) is 0 Å². The van der Waals surface area contributed by atoms with E-state index in [9.17, 15) is 9.59 Å². The minimum atomic E-state index is -3.49. The predicted octanol–water partition coefficient (Wildman–Crippen LogP) is 1.12. The molecule has 0 bridgehead atoms. The van der Waals surface area contributed by atoms with Gasteiger partial charge in [0, 0.05) is 19.9 Å². The molecule has 2 aliphatic heterocycles. The lowest BCUT2D eigenvalue weighted by molar-refractivity contribution is -0.119. The van der Waals surface area contributed by atoms with E-state index in [1.807, 2.05) is 0 Å². The molecular formula is C16H20FN3O4. The topological polar surface area (TPSA) is 71.1 Å². The number of hydrogen-bond acceptors (Lipinski definition) is 5. The zero-order chi connectivity index (χ0) is 28.8. The highest BCUT2D eigenvalue weighted by Crippen LogP contribution is 2.28. The number of nitrogens with zero attached hydrogens (tertiary/aromatic N) is 2. The van der Waals surface area contributed by atoms with Crippen molar-refractivity contribution in [3.8, 4) is 0 Å². The van der Waals surface area contributed by atoms with E-state index in [1.165, 1.54) is 0 Å². The van der Waals surface area contributed by atoms with Gasteiger partial charge in [-0.3, -0.25) is 9.69 Å². The Morgan fingerprint density at radius 2 is 2.29 bits per heavy atom. The first-order chi connectivity index (χ1) is 16.4. The zero-order valence-electron chi connectivity index (χ0n) is 25.1. The monoisotopic (exact) mass is 350 g/mol. The van der Waals surface area contributed by atoms with Crippen LogP contribution < -0.4 is 15.1 Å². The quantitative estimate of drug-likeness (QED) is 0.881. The van der Waals surface area contributed by atoms with Crippen molar-refractivity contribution in [3.05, 3.63) is 24.0 Å². The fourth-order valence-electron chi connectivity index (χ4n) is 1.80. The van der Waals surface area contributed by atoms with Gasteiger partial charge in [-0.1, -0.05) is 0 Å². The zero-order valence-corrected chi connectivity index (χ0v) is 12.1. The van der Waals surface area contributed by atoms with Gasteiger partial charge >= 0.3 is 6.09 Å². The van der Waals surface area contributed by atoms with Gasteiger partial charge in [-0.15, -0.1) is 0 Å². The highest BCUT2D eigenvalue weighted by molar-refractivity contribution is 5.90. The molecule has 2 amide bonds. The number of hydrogen-bond donors (Lipinski definition) is 1. The molecule has 24 heavy (non-hydrogen) atoms. The third-order valence-electron chi connectivity index (χ3n) is 2.78. The van der Waals surface area contributed by atoms with E-state index in [2.05, 4.69) is 9.47 Å². The van der Waals surface area contributed by atoms with Gasteiger partial charge in [0.2, 0.25) is 5.91 Å². The first-order valence-electron chi connectivity index (χ1n) is 13.0. The minimum Gasteiger partial charge on any atom is -0.442 e. The van der Waals surface area contributed by atoms with Crippen LogP contribution >= 0.6 is 0 Å². The van der Waals surface area contributed by atoms with Crippen molar-refractivity contribution in [2.45, 2.75) is 13.0 Å². The normalized spacial score (nSPS) is 43.1. The van der Waals surface area contributed by atoms with Crippen LogP contribution in [-0.2, 0) is 14.3 Å². The van der Waals surface area contributed by atoms with Gasteiger partial charge in [-0.25, -0.2) is 9.18 Å². The number of ether oxygens (including phenoxy) is 2. The fourth-order valence-corrected chi connectivity index (χ4v) is 1.80. The molecule has 2 aliphatic rings. The van der Waals surface area contributed by atoms with Gasteiger partial charge in [-0.2, -0.15) is 0 Å².